The average molecular weight is 1060 g/mol. The minimum Gasteiger partial charge on any atom is -0.462 e. The van der Waals surface area contributed by atoms with Gasteiger partial charge in [0, 0.05) is 12.8 Å². The number of rotatable bonds is 48. The van der Waals surface area contributed by atoms with Crippen LogP contribution in [0.2, 0.25) is 0 Å². The van der Waals surface area contributed by atoms with E-state index in [1.54, 1.807) is 0 Å². The van der Waals surface area contributed by atoms with E-state index >= 15 is 0 Å². The predicted molar refractivity (Wildman–Crippen MR) is 289 cm³/mol. The SMILES string of the molecule is CCCCC/C=C/C/C=C/CCCCCCCCCCCC(=O)OC[C@@H](CO[C@@H]1O[C@H](CO[C@@H]2O[C@H](CO)[C@H](O)C(O)C2O)[C@H](O)C(O)C1O)OC(=O)CCCCCCCCCCCCCCCCCCCCC. The van der Waals surface area contributed by atoms with Crippen LogP contribution in [-0.2, 0) is 38.0 Å². The largest absolute Gasteiger partial charge is 0.462 e. The van der Waals surface area contributed by atoms with Gasteiger partial charge in [-0.1, -0.05) is 212 Å². The van der Waals surface area contributed by atoms with Gasteiger partial charge in [-0.3, -0.25) is 9.59 Å². The second kappa shape index (κ2) is 45.9. The molecule has 0 saturated carbocycles. The molecule has 0 spiro atoms. The maximum atomic E-state index is 13.1. The molecule has 0 aromatic rings. The third-order valence-electron chi connectivity index (χ3n) is 14.4. The third-order valence-corrected chi connectivity index (χ3v) is 14.4. The first kappa shape index (κ1) is 68.1. The Hall–Kier alpha value is -2.02. The van der Waals surface area contributed by atoms with E-state index in [0.717, 1.165) is 51.4 Å². The van der Waals surface area contributed by atoms with Crippen LogP contribution >= 0.6 is 0 Å². The van der Waals surface area contributed by atoms with E-state index in [-0.39, 0.29) is 26.1 Å². The zero-order valence-corrected chi connectivity index (χ0v) is 46.3. The summed E-state index contributed by atoms with van der Waals surface area (Å²) in [6, 6.07) is 0. The molecule has 0 amide bonds. The monoisotopic (exact) mass is 1060 g/mol. The first-order valence-electron chi connectivity index (χ1n) is 29.9. The van der Waals surface area contributed by atoms with Gasteiger partial charge in [0.2, 0.25) is 0 Å². The summed E-state index contributed by atoms with van der Waals surface area (Å²) >= 11 is 0. The number of hydrogen-bond acceptors (Lipinski definition) is 15. The number of aliphatic hydroxyl groups excluding tert-OH is 7. The summed E-state index contributed by atoms with van der Waals surface area (Å²) in [5, 5.41) is 72.3. The predicted octanol–water partition coefficient (Wildman–Crippen LogP) is 10.3. The molecule has 15 nitrogen and oxygen atoms in total. The van der Waals surface area contributed by atoms with Crippen molar-refractivity contribution in [1.82, 2.24) is 0 Å². The molecule has 2 aliphatic heterocycles. The Morgan fingerprint density at radius 2 is 0.811 bits per heavy atom. The molecule has 2 saturated heterocycles. The molecule has 7 N–H and O–H groups in total. The van der Waals surface area contributed by atoms with E-state index in [9.17, 15) is 45.3 Å². The van der Waals surface area contributed by atoms with Crippen molar-refractivity contribution in [2.24, 2.45) is 0 Å². The molecule has 0 radical (unpaired) electrons. The molecule has 15 heteroatoms. The van der Waals surface area contributed by atoms with Gasteiger partial charge in [0.15, 0.2) is 18.7 Å². The number of hydrogen-bond donors (Lipinski definition) is 7. The number of esters is 2. The quantitative estimate of drug-likeness (QED) is 0.0171. The molecule has 0 aromatic heterocycles. The van der Waals surface area contributed by atoms with Crippen molar-refractivity contribution >= 4 is 11.9 Å². The van der Waals surface area contributed by atoms with Gasteiger partial charge in [0.05, 0.1) is 19.8 Å². The standard InChI is InChI=1S/C59H108O15/c1-3-5-7-9-11-13-15-17-19-21-23-25-27-29-31-33-35-37-39-41-50(61)69-44-47(72-51(62)42-40-38-36-34-32-30-28-26-24-22-20-18-16-14-12-10-8-6-4-2)45-70-58-57(68)55(66)53(64)49(74-58)46-71-59-56(67)54(65)52(63)48(43-60)73-59/h11,13,17,19,47-49,52-60,63-68H,3-10,12,14-16,18,20-46H2,1-2H3/b13-11+,19-17+/t47-,48+,49+,52-,53-,54?,55?,56?,57?,58+,59+/m0/s1. The van der Waals surface area contributed by atoms with Crippen molar-refractivity contribution < 1.29 is 73.8 Å². The molecule has 2 rings (SSSR count). The van der Waals surface area contributed by atoms with Crippen LogP contribution in [0.4, 0.5) is 0 Å². The van der Waals surface area contributed by atoms with E-state index in [4.69, 9.17) is 28.4 Å². The fraction of sp³-hybridized carbons (Fsp3) is 0.898. The summed E-state index contributed by atoms with van der Waals surface area (Å²) in [5.74, 6) is -0.916. The van der Waals surface area contributed by atoms with E-state index in [1.807, 2.05) is 0 Å². The summed E-state index contributed by atoms with van der Waals surface area (Å²) in [6.07, 6.45) is 33.3. The molecular weight excluding hydrogens is 949 g/mol. The van der Waals surface area contributed by atoms with Gasteiger partial charge in [-0.15, -0.1) is 0 Å². The highest BCUT2D eigenvalue weighted by Crippen LogP contribution is 2.27. The highest BCUT2D eigenvalue weighted by Gasteiger charge is 2.47. The Morgan fingerprint density at radius 1 is 0.432 bits per heavy atom. The second-order valence-corrected chi connectivity index (χ2v) is 21.2. The highest BCUT2D eigenvalue weighted by atomic mass is 16.7. The summed E-state index contributed by atoms with van der Waals surface area (Å²) in [7, 11) is 0. The maximum absolute atomic E-state index is 13.1. The summed E-state index contributed by atoms with van der Waals surface area (Å²) < 4.78 is 33.7. The van der Waals surface area contributed by atoms with Crippen molar-refractivity contribution in [3.63, 3.8) is 0 Å². The summed E-state index contributed by atoms with van der Waals surface area (Å²) in [6.45, 7) is 2.61. The summed E-state index contributed by atoms with van der Waals surface area (Å²) in [4.78, 5) is 25.9. The average Bonchev–Trinajstić information content (AvgIpc) is 3.39. The molecule has 0 bridgehead atoms. The molecule has 2 heterocycles. The normalized spacial score (nSPS) is 24.8. The number of allylic oxidation sites excluding steroid dienone is 4. The first-order valence-corrected chi connectivity index (χ1v) is 29.9. The topological polar surface area (TPSA) is 231 Å². The van der Waals surface area contributed by atoms with Crippen LogP contribution in [-0.4, -0.2) is 142 Å². The second-order valence-electron chi connectivity index (χ2n) is 21.2. The van der Waals surface area contributed by atoms with Gasteiger partial charge < -0.3 is 64.2 Å². The van der Waals surface area contributed by atoms with Crippen LogP contribution in [0.1, 0.15) is 245 Å². The van der Waals surface area contributed by atoms with Crippen LogP contribution in [0, 0.1) is 0 Å². The number of aliphatic hydroxyl groups is 7. The van der Waals surface area contributed by atoms with Crippen LogP contribution in [0.5, 0.6) is 0 Å². The lowest BCUT2D eigenvalue weighted by molar-refractivity contribution is -0.332. The molecule has 0 aliphatic carbocycles. The van der Waals surface area contributed by atoms with E-state index in [0.29, 0.717) is 12.8 Å². The fourth-order valence-electron chi connectivity index (χ4n) is 9.54. The minimum atomic E-state index is -1.76. The van der Waals surface area contributed by atoms with Crippen LogP contribution in [0.25, 0.3) is 0 Å². The van der Waals surface area contributed by atoms with Gasteiger partial charge in [-0.25, -0.2) is 0 Å². The van der Waals surface area contributed by atoms with Gasteiger partial charge in [0.1, 0.15) is 55.4 Å². The Kier molecular flexibility index (Phi) is 42.3. The minimum absolute atomic E-state index is 0.169. The van der Waals surface area contributed by atoms with Crippen molar-refractivity contribution in [3.05, 3.63) is 24.3 Å². The molecule has 11 atom stereocenters. The number of ether oxygens (including phenoxy) is 6. The molecular formula is C59H108O15. The number of carbonyl (C=O) groups excluding carboxylic acids is 2. The van der Waals surface area contributed by atoms with E-state index < -0.39 is 92.7 Å². The van der Waals surface area contributed by atoms with Crippen LogP contribution < -0.4 is 0 Å². The summed E-state index contributed by atoms with van der Waals surface area (Å²) in [5.41, 5.74) is 0. The maximum Gasteiger partial charge on any atom is 0.306 e. The first-order chi connectivity index (χ1) is 36.0. The molecule has 2 fully saturated rings. The van der Waals surface area contributed by atoms with Gasteiger partial charge in [-0.05, 0) is 44.9 Å². The van der Waals surface area contributed by atoms with Crippen molar-refractivity contribution in [2.45, 2.75) is 313 Å². The lowest BCUT2D eigenvalue weighted by Crippen LogP contribution is -2.61. The van der Waals surface area contributed by atoms with Crippen molar-refractivity contribution in [2.75, 3.05) is 26.4 Å². The smallest absolute Gasteiger partial charge is 0.306 e. The third kappa shape index (κ3) is 32.7. The number of unbranched alkanes of at least 4 members (excludes halogenated alkanes) is 30. The Bertz CT molecular complexity index is 1380. The number of carbonyl (C=O) groups is 2. The Labute approximate surface area is 447 Å². The van der Waals surface area contributed by atoms with Gasteiger partial charge >= 0.3 is 11.9 Å². The zero-order valence-electron chi connectivity index (χ0n) is 46.3. The Balaban J connectivity index is 1.74. The molecule has 0 aromatic carbocycles. The van der Waals surface area contributed by atoms with Gasteiger partial charge in [0.25, 0.3) is 0 Å². The van der Waals surface area contributed by atoms with Crippen molar-refractivity contribution in [1.29, 1.82) is 0 Å². The van der Waals surface area contributed by atoms with Crippen molar-refractivity contribution in [3.8, 4) is 0 Å². The molecule has 434 valence electrons. The Morgan fingerprint density at radius 3 is 1.28 bits per heavy atom. The molecule has 4 unspecified atom stereocenters. The van der Waals surface area contributed by atoms with Crippen LogP contribution in [0.15, 0.2) is 24.3 Å². The molecule has 2 aliphatic rings. The highest BCUT2D eigenvalue weighted by molar-refractivity contribution is 5.70. The molecule has 74 heavy (non-hydrogen) atoms. The van der Waals surface area contributed by atoms with E-state index in [1.165, 1.54) is 154 Å². The lowest BCUT2D eigenvalue weighted by Gasteiger charge is -2.42. The zero-order chi connectivity index (χ0) is 53.9. The van der Waals surface area contributed by atoms with Crippen LogP contribution in [0.3, 0.4) is 0 Å². The van der Waals surface area contributed by atoms with E-state index in [2.05, 4.69) is 38.2 Å². The fourth-order valence-corrected chi connectivity index (χ4v) is 9.54. The van der Waals surface area contributed by atoms with Gasteiger partial charge in [-0.2, -0.15) is 0 Å². The lowest BCUT2D eigenvalue weighted by atomic mass is 9.98.